The van der Waals surface area contributed by atoms with Crippen LogP contribution in [0.15, 0.2) is 0 Å². The molecule has 0 saturated carbocycles. The molecule has 0 atom stereocenters. The van der Waals surface area contributed by atoms with Gasteiger partial charge in [-0.15, -0.1) is 0 Å². The average molecular weight is 237 g/mol. The topological polar surface area (TPSA) is 75.4 Å². The quantitative estimate of drug-likeness (QED) is 0.690. The number of nitrogens with two attached hydrogens (primary N) is 1. The van der Waals surface area contributed by atoms with E-state index in [4.69, 9.17) is 5.73 Å². The lowest BCUT2D eigenvalue weighted by Gasteiger charge is -2.29. The van der Waals surface area contributed by atoms with Crippen LogP contribution in [0.2, 0.25) is 0 Å². The molecule has 0 aliphatic heterocycles. The number of nitrogens with one attached hydrogen (secondary N) is 1. The van der Waals surface area contributed by atoms with E-state index in [0.717, 1.165) is 0 Å². The third kappa shape index (κ3) is 5.46. The van der Waals surface area contributed by atoms with Crippen LogP contribution in [0, 0.1) is 5.41 Å². The van der Waals surface area contributed by atoms with Gasteiger partial charge in [-0.3, -0.25) is 0 Å². The first-order valence-electron chi connectivity index (χ1n) is 5.04. The molecule has 0 radical (unpaired) electrons. The summed E-state index contributed by atoms with van der Waals surface area (Å²) in [5.41, 5.74) is 5.35. The molecule has 0 aromatic carbocycles. The van der Waals surface area contributed by atoms with Gasteiger partial charge in [0.2, 0.25) is 0 Å². The van der Waals surface area contributed by atoms with E-state index < -0.39 is 10.2 Å². The van der Waals surface area contributed by atoms with E-state index in [2.05, 4.69) is 4.72 Å². The van der Waals surface area contributed by atoms with Gasteiger partial charge >= 0.3 is 0 Å². The largest absolute Gasteiger partial charge is 0.330 e. The molecule has 0 aromatic heterocycles. The number of hydrogen-bond donors (Lipinski definition) is 2. The van der Waals surface area contributed by atoms with Gasteiger partial charge in [-0.1, -0.05) is 13.8 Å². The van der Waals surface area contributed by atoms with E-state index in [1.165, 1.54) is 4.31 Å². The Balaban J connectivity index is 4.51. The zero-order valence-corrected chi connectivity index (χ0v) is 11.1. The van der Waals surface area contributed by atoms with Gasteiger partial charge in [-0.25, -0.2) is 0 Å². The molecule has 15 heavy (non-hydrogen) atoms. The molecule has 0 fully saturated rings. The molecule has 92 valence electrons. The summed E-state index contributed by atoms with van der Waals surface area (Å²) in [6.07, 6.45) is 0. The van der Waals surface area contributed by atoms with Crippen LogP contribution in [-0.2, 0) is 10.2 Å². The van der Waals surface area contributed by atoms with Crippen LogP contribution >= 0.6 is 0 Å². The lowest BCUT2D eigenvalue weighted by atomic mass is 9.94. The Bertz CT molecular complexity index is 286. The molecule has 0 aliphatic rings. The van der Waals surface area contributed by atoms with Crippen molar-refractivity contribution in [2.45, 2.75) is 33.7 Å². The molecule has 0 heterocycles. The van der Waals surface area contributed by atoms with Crippen molar-refractivity contribution in [2.24, 2.45) is 11.1 Å². The molecule has 0 unspecified atom stereocenters. The van der Waals surface area contributed by atoms with Gasteiger partial charge < -0.3 is 5.73 Å². The predicted octanol–water partition coefficient (Wildman–Crippen LogP) is 0.146. The highest BCUT2D eigenvalue weighted by Gasteiger charge is 2.25. The number of hydrogen-bond acceptors (Lipinski definition) is 3. The van der Waals surface area contributed by atoms with E-state index in [-0.39, 0.29) is 11.5 Å². The first kappa shape index (κ1) is 14.8. The summed E-state index contributed by atoms with van der Waals surface area (Å²) in [7, 11) is -1.82. The smallest absolute Gasteiger partial charge is 0.279 e. The van der Waals surface area contributed by atoms with Crippen LogP contribution in [0.5, 0.6) is 0 Å². The molecule has 0 rings (SSSR count). The van der Waals surface area contributed by atoms with Crippen molar-refractivity contribution in [3.63, 3.8) is 0 Å². The van der Waals surface area contributed by atoms with Crippen molar-refractivity contribution >= 4 is 10.2 Å². The molecule has 0 aliphatic carbocycles. The fourth-order valence-electron chi connectivity index (χ4n) is 1.14. The Hall–Kier alpha value is -0.170. The predicted molar refractivity (Wildman–Crippen MR) is 62.7 cm³/mol. The molecule has 0 aromatic rings. The van der Waals surface area contributed by atoms with Crippen LogP contribution in [-0.4, -0.2) is 38.9 Å². The van der Waals surface area contributed by atoms with Gasteiger partial charge in [0.05, 0.1) is 0 Å². The van der Waals surface area contributed by atoms with Crippen LogP contribution < -0.4 is 10.5 Å². The summed E-state index contributed by atoms with van der Waals surface area (Å²) in [4.78, 5) is 0. The summed E-state index contributed by atoms with van der Waals surface area (Å²) < 4.78 is 27.2. The zero-order valence-electron chi connectivity index (χ0n) is 10.2. The summed E-state index contributed by atoms with van der Waals surface area (Å²) in [6, 6.07) is -0.0987. The second-order valence-electron chi connectivity index (χ2n) is 4.90. The molecule has 3 N–H and O–H groups in total. The van der Waals surface area contributed by atoms with Crippen molar-refractivity contribution in [3.8, 4) is 0 Å². The standard InChI is InChI=1S/C9H23N3O2S/c1-8(2)11-15(13,14)12(5)7-9(3,4)6-10/h8,11H,6-7,10H2,1-5H3. The van der Waals surface area contributed by atoms with E-state index >= 15 is 0 Å². The second-order valence-corrected chi connectivity index (χ2v) is 6.71. The van der Waals surface area contributed by atoms with Gasteiger partial charge in [0.15, 0.2) is 0 Å². The van der Waals surface area contributed by atoms with Gasteiger partial charge in [0.1, 0.15) is 0 Å². The van der Waals surface area contributed by atoms with Crippen LogP contribution in [0.3, 0.4) is 0 Å². The van der Waals surface area contributed by atoms with Gasteiger partial charge in [0, 0.05) is 19.6 Å². The average Bonchev–Trinajstić information content (AvgIpc) is 2.01. The molecule has 0 amide bonds. The molecular weight excluding hydrogens is 214 g/mol. The van der Waals surface area contributed by atoms with Crippen molar-refractivity contribution < 1.29 is 8.42 Å². The molecule has 0 bridgehead atoms. The minimum atomic E-state index is -3.38. The van der Waals surface area contributed by atoms with Gasteiger partial charge in [-0.05, 0) is 25.8 Å². The third-order valence-electron chi connectivity index (χ3n) is 2.00. The molecule has 5 nitrogen and oxygen atoms in total. The first-order valence-corrected chi connectivity index (χ1v) is 6.48. The van der Waals surface area contributed by atoms with Gasteiger partial charge in [0.25, 0.3) is 10.2 Å². The van der Waals surface area contributed by atoms with E-state index in [0.29, 0.717) is 13.1 Å². The Morgan fingerprint density at radius 2 is 1.87 bits per heavy atom. The summed E-state index contributed by atoms with van der Waals surface area (Å²) in [6.45, 7) is 8.32. The highest BCUT2D eigenvalue weighted by atomic mass is 32.2. The maximum atomic E-state index is 11.7. The zero-order chi connectivity index (χ0) is 12.3. The maximum Gasteiger partial charge on any atom is 0.279 e. The van der Waals surface area contributed by atoms with E-state index in [1.807, 2.05) is 13.8 Å². The Morgan fingerprint density at radius 3 is 2.20 bits per heavy atom. The van der Waals surface area contributed by atoms with Gasteiger partial charge in [-0.2, -0.15) is 17.4 Å². The number of rotatable bonds is 6. The van der Waals surface area contributed by atoms with Crippen LogP contribution in [0.4, 0.5) is 0 Å². The second kappa shape index (κ2) is 5.25. The van der Waals surface area contributed by atoms with Crippen molar-refractivity contribution in [1.82, 2.24) is 9.03 Å². The minimum absolute atomic E-state index is 0.0987. The normalized spacial score (nSPS) is 13.9. The van der Waals surface area contributed by atoms with Crippen molar-refractivity contribution in [2.75, 3.05) is 20.1 Å². The maximum absolute atomic E-state index is 11.7. The van der Waals surface area contributed by atoms with E-state index in [1.54, 1.807) is 20.9 Å². The lowest BCUT2D eigenvalue weighted by Crippen LogP contribution is -2.46. The highest BCUT2D eigenvalue weighted by molar-refractivity contribution is 7.87. The third-order valence-corrected chi connectivity index (χ3v) is 3.72. The molecular formula is C9H23N3O2S. The van der Waals surface area contributed by atoms with E-state index in [9.17, 15) is 8.42 Å². The Labute approximate surface area is 93.2 Å². The monoisotopic (exact) mass is 237 g/mol. The molecule has 0 saturated heterocycles. The fourth-order valence-corrected chi connectivity index (χ4v) is 2.44. The van der Waals surface area contributed by atoms with Crippen molar-refractivity contribution in [1.29, 1.82) is 0 Å². The lowest BCUT2D eigenvalue weighted by molar-refractivity contribution is 0.289. The van der Waals surface area contributed by atoms with Crippen LogP contribution in [0.1, 0.15) is 27.7 Å². The summed E-state index contributed by atoms with van der Waals surface area (Å²) in [5.74, 6) is 0. The SMILES string of the molecule is CC(C)NS(=O)(=O)N(C)CC(C)(C)CN. The Morgan fingerprint density at radius 1 is 1.40 bits per heavy atom. The van der Waals surface area contributed by atoms with Crippen molar-refractivity contribution in [3.05, 3.63) is 0 Å². The highest BCUT2D eigenvalue weighted by Crippen LogP contribution is 2.15. The molecule has 6 heteroatoms. The van der Waals surface area contributed by atoms with Crippen LogP contribution in [0.25, 0.3) is 0 Å². The molecule has 0 spiro atoms. The summed E-state index contributed by atoms with van der Waals surface area (Å²) in [5, 5.41) is 0. The fraction of sp³-hybridized carbons (Fsp3) is 1.00. The Kier molecular flexibility index (Phi) is 5.19. The minimum Gasteiger partial charge on any atom is -0.330 e. The first-order chi connectivity index (χ1) is 6.60. The number of nitrogens with zero attached hydrogens (tertiary/aromatic N) is 1. The summed E-state index contributed by atoms with van der Waals surface area (Å²) >= 11 is 0.